The predicted octanol–water partition coefficient (Wildman–Crippen LogP) is 16.7. The van der Waals surface area contributed by atoms with Crippen LogP contribution in [0.3, 0.4) is 0 Å². The first kappa shape index (κ1) is 36.9. The van der Waals surface area contributed by atoms with Gasteiger partial charge in [-0.15, -0.1) is 0 Å². The summed E-state index contributed by atoms with van der Waals surface area (Å²) in [5.74, 6) is 0. The van der Waals surface area contributed by atoms with E-state index in [1.807, 2.05) is 0 Å². The topological polar surface area (TPSA) is 8.17 Å². The second kappa shape index (κ2) is 14.6. The van der Waals surface area contributed by atoms with E-state index in [4.69, 9.17) is 0 Å². The largest absolute Gasteiger partial charge is 0.310 e. The number of benzene rings is 10. The molecule has 12 rings (SSSR count). The van der Waals surface area contributed by atoms with Crippen molar-refractivity contribution in [2.75, 3.05) is 4.90 Å². The number of rotatable bonds is 7. The third kappa shape index (κ3) is 5.94. The number of fused-ring (bicyclic) bond motifs is 7. The molecule has 1 aliphatic rings. The lowest BCUT2D eigenvalue weighted by molar-refractivity contribution is 0.656. The standard InChI is InChI=1S/C61H44N2/c1-61(2)55-28-10-8-23-52(55)53-27-15-31-58(60(53)61)63-56-29-11-9-24-54(56)59-51(26-14-30-57(59)63)45-20-12-21-48(40-45)62(46-36-32-42(33-37-46)41-16-4-3-5-17-41)47-38-34-44(35-39-47)50-25-13-19-43-18-6-7-22-49(43)50/h3-40H,1-2H3. The second-order valence-corrected chi connectivity index (χ2v) is 17.3. The van der Waals surface area contributed by atoms with Crippen molar-refractivity contribution in [2.45, 2.75) is 19.3 Å². The maximum atomic E-state index is 2.52. The number of aromatic nitrogens is 1. The number of para-hydroxylation sites is 1. The van der Waals surface area contributed by atoms with Crippen LogP contribution in [-0.2, 0) is 5.41 Å². The van der Waals surface area contributed by atoms with Crippen molar-refractivity contribution in [3.05, 3.63) is 242 Å². The van der Waals surface area contributed by atoms with E-state index in [1.54, 1.807) is 0 Å². The zero-order valence-electron chi connectivity index (χ0n) is 35.3. The van der Waals surface area contributed by atoms with Crippen molar-refractivity contribution in [1.82, 2.24) is 4.57 Å². The summed E-state index contributed by atoms with van der Waals surface area (Å²) in [6.07, 6.45) is 0. The quantitative estimate of drug-likeness (QED) is 0.156. The first-order chi connectivity index (χ1) is 31.0. The summed E-state index contributed by atoms with van der Waals surface area (Å²) in [6.45, 7) is 4.76. The Hall–Kier alpha value is -7.94. The summed E-state index contributed by atoms with van der Waals surface area (Å²) in [5.41, 5.74) is 19.4. The highest BCUT2D eigenvalue weighted by Crippen LogP contribution is 2.52. The normalized spacial score (nSPS) is 12.7. The molecule has 0 fully saturated rings. The molecule has 0 radical (unpaired) electrons. The minimum atomic E-state index is -0.151. The molecule has 1 heterocycles. The average Bonchev–Trinajstić information content (AvgIpc) is 3.81. The number of hydrogen-bond acceptors (Lipinski definition) is 1. The van der Waals surface area contributed by atoms with Crippen molar-refractivity contribution in [3.63, 3.8) is 0 Å². The van der Waals surface area contributed by atoms with Gasteiger partial charge >= 0.3 is 0 Å². The first-order valence-corrected chi connectivity index (χ1v) is 21.9. The van der Waals surface area contributed by atoms with Gasteiger partial charge in [0.1, 0.15) is 0 Å². The van der Waals surface area contributed by atoms with Crippen LogP contribution in [0.2, 0.25) is 0 Å². The Balaban J connectivity index is 1.01. The van der Waals surface area contributed by atoms with Crippen LogP contribution in [0.5, 0.6) is 0 Å². The molecule has 10 aromatic carbocycles. The Morgan fingerprint density at radius 3 is 1.75 bits per heavy atom. The van der Waals surface area contributed by atoms with Crippen molar-refractivity contribution in [1.29, 1.82) is 0 Å². The van der Waals surface area contributed by atoms with Gasteiger partial charge < -0.3 is 9.47 Å². The monoisotopic (exact) mass is 804 g/mol. The van der Waals surface area contributed by atoms with Gasteiger partial charge in [0.25, 0.3) is 0 Å². The summed E-state index contributed by atoms with van der Waals surface area (Å²) < 4.78 is 2.52. The van der Waals surface area contributed by atoms with Crippen LogP contribution in [0.1, 0.15) is 25.0 Å². The van der Waals surface area contributed by atoms with E-state index in [-0.39, 0.29) is 5.41 Å². The van der Waals surface area contributed by atoms with Crippen LogP contribution in [0.25, 0.3) is 82.8 Å². The molecule has 2 heteroatoms. The molecular weight excluding hydrogens is 761 g/mol. The summed E-state index contributed by atoms with van der Waals surface area (Å²) in [7, 11) is 0. The molecule has 1 aromatic heterocycles. The van der Waals surface area contributed by atoms with Gasteiger partial charge in [-0.25, -0.2) is 0 Å². The minimum absolute atomic E-state index is 0.151. The van der Waals surface area contributed by atoms with Gasteiger partial charge in [-0.1, -0.05) is 190 Å². The van der Waals surface area contributed by atoms with Crippen molar-refractivity contribution in [2.24, 2.45) is 0 Å². The molecule has 11 aromatic rings. The van der Waals surface area contributed by atoms with Gasteiger partial charge in [-0.2, -0.15) is 0 Å². The lowest BCUT2D eigenvalue weighted by atomic mass is 9.81. The number of hydrogen-bond donors (Lipinski definition) is 0. The van der Waals surface area contributed by atoms with Gasteiger partial charge in [0, 0.05) is 33.2 Å². The zero-order valence-corrected chi connectivity index (χ0v) is 35.3. The molecule has 0 N–H and O–H groups in total. The highest BCUT2D eigenvalue weighted by atomic mass is 15.1. The van der Waals surface area contributed by atoms with Crippen LogP contribution in [0, 0.1) is 0 Å². The summed E-state index contributed by atoms with van der Waals surface area (Å²) in [4.78, 5) is 2.39. The molecule has 63 heavy (non-hydrogen) atoms. The van der Waals surface area contributed by atoms with Gasteiger partial charge in [-0.05, 0) is 121 Å². The van der Waals surface area contributed by atoms with Crippen LogP contribution in [0.15, 0.2) is 231 Å². The highest BCUT2D eigenvalue weighted by Gasteiger charge is 2.38. The summed E-state index contributed by atoms with van der Waals surface area (Å²) in [6, 6.07) is 84.5. The molecule has 0 aliphatic heterocycles. The maximum absolute atomic E-state index is 2.52. The van der Waals surface area contributed by atoms with Crippen LogP contribution < -0.4 is 4.90 Å². The zero-order chi connectivity index (χ0) is 42.1. The fraction of sp³-hybridized carbons (Fsp3) is 0.0492. The smallest absolute Gasteiger partial charge is 0.0547 e. The van der Waals surface area contributed by atoms with Crippen LogP contribution in [0.4, 0.5) is 17.1 Å². The van der Waals surface area contributed by atoms with E-state index >= 15 is 0 Å². The molecule has 0 bridgehead atoms. The Morgan fingerprint density at radius 2 is 0.921 bits per heavy atom. The molecule has 0 saturated heterocycles. The number of nitrogens with zero attached hydrogens (tertiary/aromatic N) is 2. The molecule has 0 spiro atoms. The van der Waals surface area contributed by atoms with E-state index in [9.17, 15) is 0 Å². The predicted molar refractivity (Wildman–Crippen MR) is 267 cm³/mol. The highest BCUT2D eigenvalue weighted by molar-refractivity contribution is 6.16. The number of anilines is 3. The Bertz CT molecular complexity index is 3510. The average molecular weight is 805 g/mol. The van der Waals surface area contributed by atoms with Crippen molar-refractivity contribution in [3.8, 4) is 50.2 Å². The maximum Gasteiger partial charge on any atom is 0.0547 e. The third-order valence-corrected chi connectivity index (χ3v) is 13.4. The van der Waals surface area contributed by atoms with E-state index in [2.05, 4.69) is 254 Å². The van der Waals surface area contributed by atoms with Crippen LogP contribution in [-0.4, -0.2) is 4.57 Å². The van der Waals surface area contributed by atoms with E-state index in [0.717, 1.165) is 17.1 Å². The second-order valence-electron chi connectivity index (χ2n) is 17.3. The van der Waals surface area contributed by atoms with Gasteiger partial charge in [-0.3, -0.25) is 0 Å². The Morgan fingerprint density at radius 1 is 0.365 bits per heavy atom. The summed E-state index contributed by atoms with van der Waals surface area (Å²) in [5, 5.41) is 5.01. The molecule has 0 atom stereocenters. The van der Waals surface area contributed by atoms with Crippen molar-refractivity contribution < 1.29 is 0 Å². The lowest BCUT2D eigenvalue weighted by Gasteiger charge is -2.26. The Kier molecular flexibility index (Phi) is 8.55. The van der Waals surface area contributed by atoms with Crippen molar-refractivity contribution >= 4 is 49.6 Å². The SMILES string of the molecule is CC1(C)c2ccccc2-c2cccc(-n3c4ccccc4c4c(-c5cccc(N(c6ccc(-c7ccccc7)cc6)c6ccc(-c7cccc8ccccc78)cc6)c5)cccc43)c21. The fourth-order valence-electron chi connectivity index (χ4n) is 10.5. The lowest BCUT2D eigenvalue weighted by Crippen LogP contribution is -2.17. The molecule has 2 nitrogen and oxygen atoms in total. The molecular formula is C61H44N2. The van der Waals surface area contributed by atoms with Gasteiger partial charge in [0.15, 0.2) is 0 Å². The van der Waals surface area contributed by atoms with E-state index in [1.165, 1.54) is 93.9 Å². The van der Waals surface area contributed by atoms with E-state index in [0.29, 0.717) is 0 Å². The van der Waals surface area contributed by atoms with Gasteiger partial charge in [0.05, 0.1) is 16.7 Å². The minimum Gasteiger partial charge on any atom is -0.310 e. The Labute approximate surface area is 368 Å². The molecule has 0 saturated carbocycles. The molecule has 298 valence electrons. The van der Waals surface area contributed by atoms with Crippen LogP contribution >= 0.6 is 0 Å². The molecule has 1 aliphatic carbocycles. The first-order valence-electron chi connectivity index (χ1n) is 21.9. The molecule has 0 amide bonds. The fourth-order valence-corrected chi connectivity index (χ4v) is 10.5. The summed E-state index contributed by atoms with van der Waals surface area (Å²) >= 11 is 0. The van der Waals surface area contributed by atoms with Gasteiger partial charge in [0.2, 0.25) is 0 Å². The third-order valence-electron chi connectivity index (χ3n) is 13.4. The van der Waals surface area contributed by atoms with E-state index < -0.39 is 0 Å². The molecule has 0 unspecified atom stereocenters.